The molecule has 2 amide bonds. The minimum absolute atomic E-state index is 0.124. The maximum Gasteiger partial charge on any atom is 0.338 e. The van der Waals surface area contributed by atoms with Crippen molar-refractivity contribution in [2.24, 2.45) is 5.41 Å². The normalized spacial score (nSPS) is 11.0. The van der Waals surface area contributed by atoms with Crippen molar-refractivity contribution in [3.05, 3.63) is 29.3 Å². The third-order valence-electron chi connectivity index (χ3n) is 2.90. The highest BCUT2D eigenvalue weighted by atomic mass is 16.4. The molecule has 0 atom stereocenters. The van der Waals surface area contributed by atoms with Crippen LogP contribution < -0.4 is 10.6 Å². The molecule has 0 aliphatic rings. The molecule has 0 radical (unpaired) electrons. The van der Waals surface area contributed by atoms with Crippen LogP contribution in [0.3, 0.4) is 0 Å². The number of amides is 2. The smallest absolute Gasteiger partial charge is 0.338 e. The Morgan fingerprint density at radius 2 is 1.90 bits per heavy atom. The van der Waals surface area contributed by atoms with Crippen molar-refractivity contribution in [1.82, 2.24) is 5.32 Å². The summed E-state index contributed by atoms with van der Waals surface area (Å²) in [6.45, 7) is 8.52. The van der Waals surface area contributed by atoms with Gasteiger partial charge in [-0.2, -0.15) is 0 Å². The van der Waals surface area contributed by atoms with E-state index in [4.69, 9.17) is 0 Å². The lowest BCUT2D eigenvalue weighted by Crippen LogP contribution is -2.32. The third-order valence-corrected chi connectivity index (χ3v) is 2.90. The van der Waals surface area contributed by atoms with Gasteiger partial charge in [0.25, 0.3) is 0 Å². The summed E-state index contributed by atoms with van der Waals surface area (Å²) in [6, 6.07) is 4.61. The Hall–Kier alpha value is -2.04. The molecule has 20 heavy (non-hydrogen) atoms. The van der Waals surface area contributed by atoms with Crippen LogP contribution in [0.5, 0.6) is 0 Å². The standard InChI is InChI=1S/C15H22N2O3/c1-10-6-5-7-11(12(10)13(18)19)17-14(20)16-9-8-15(2,3)4/h5-7H,8-9H2,1-4H3,(H,18,19)(H2,16,17,20). The maximum absolute atomic E-state index is 11.8. The van der Waals surface area contributed by atoms with Gasteiger partial charge < -0.3 is 15.7 Å². The number of carbonyl (C=O) groups is 2. The minimum atomic E-state index is -1.05. The molecule has 3 N–H and O–H groups in total. The highest BCUT2D eigenvalue weighted by Crippen LogP contribution is 2.20. The number of aromatic carboxylic acids is 1. The summed E-state index contributed by atoms with van der Waals surface area (Å²) in [5.41, 5.74) is 1.19. The summed E-state index contributed by atoms with van der Waals surface area (Å²) in [4.78, 5) is 23.0. The molecule has 0 fully saturated rings. The van der Waals surface area contributed by atoms with Crippen LogP contribution in [-0.4, -0.2) is 23.7 Å². The fourth-order valence-electron chi connectivity index (χ4n) is 1.77. The predicted molar refractivity (Wildman–Crippen MR) is 79.2 cm³/mol. The molecular formula is C15H22N2O3. The van der Waals surface area contributed by atoms with Gasteiger partial charge in [-0.05, 0) is 30.4 Å². The Morgan fingerprint density at radius 3 is 2.45 bits per heavy atom. The molecule has 0 saturated carbocycles. The van der Waals surface area contributed by atoms with Crippen LogP contribution in [-0.2, 0) is 0 Å². The highest BCUT2D eigenvalue weighted by molar-refractivity contribution is 6.01. The summed E-state index contributed by atoms with van der Waals surface area (Å²) in [5, 5.41) is 14.5. The zero-order chi connectivity index (χ0) is 15.3. The Labute approximate surface area is 119 Å². The van der Waals surface area contributed by atoms with Gasteiger partial charge in [0, 0.05) is 6.54 Å². The molecule has 5 nitrogen and oxygen atoms in total. The second-order valence-corrected chi connectivity index (χ2v) is 5.99. The molecule has 0 unspecified atom stereocenters. The van der Waals surface area contributed by atoms with E-state index >= 15 is 0 Å². The number of urea groups is 1. The number of nitrogens with one attached hydrogen (secondary N) is 2. The third kappa shape index (κ3) is 4.91. The van der Waals surface area contributed by atoms with Gasteiger partial charge in [0.2, 0.25) is 0 Å². The second-order valence-electron chi connectivity index (χ2n) is 5.99. The first kappa shape index (κ1) is 16.0. The number of carboxylic acid groups (broad SMARTS) is 1. The molecule has 0 saturated heterocycles. The number of hydrogen-bond acceptors (Lipinski definition) is 2. The van der Waals surface area contributed by atoms with E-state index in [0.29, 0.717) is 17.8 Å². The van der Waals surface area contributed by atoms with Crippen LogP contribution in [0.15, 0.2) is 18.2 Å². The van der Waals surface area contributed by atoms with E-state index < -0.39 is 5.97 Å². The van der Waals surface area contributed by atoms with Gasteiger partial charge in [-0.1, -0.05) is 32.9 Å². The van der Waals surface area contributed by atoms with Crippen LogP contribution >= 0.6 is 0 Å². The quantitative estimate of drug-likeness (QED) is 0.791. The van der Waals surface area contributed by atoms with Crippen LogP contribution in [0.4, 0.5) is 10.5 Å². The fourth-order valence-corrected chi connectivity index (χ4v) is 1.77. The molecule has 0 bridgehead atoms. The molecular weight excluding hydrogens is 256 g/mol. The largest absolute Gasteiger partial charge is 0.478 e. The maximum atomic E-state index is 11.8. The lowest BCUT2D eigenvalue weighted by Gasteiger charge is -2.18. The van der Waals surface area contributed by atoms with Crippen LogP contribution in [0.2, 0.25) is 0 Å². The fraction of sp³-hybridized carbons (Fsp3) is 0.467. The van der Waals surface area contributed by atoms with E-state index in [2.05, 4.69) is 31.4 Å². The van der Waals surface area contributed by atoms with E-state index in [1.165, 1.54) is 0 Å². The van der Waals surface area contributed by atoms with Gasteiger partial charge in [-0.3, -0.25) is 0 Å². The second kappa shape index (κ2) is 6.41. The lowest BCUT2D eigenvalue weighted by molar-refractivity contribution is 0.0697. The van der Waals surface area contributed by atoms with Gasteiger partial charge in [-0.15, -0.1) is 0 Å². The number of carboxylic acids is 1. The van der Waals surface area contributed by atoms with E-state index in [9.17, 15) is 14.7 Å². The van der Waals surface area contributed by atoms with Crippen LogP contribution in [0.25, 0.3) is 0 Å². The van der Waals surface area contributed by atoms with Crippen molar-refractivity contribution in [1.29, 1.82) is 0 Å². The highest BCUT2D eigenvalue weighted by Gasteiger charge is 2.15. The van der Waals surface area contributed by atoms with Crippen molar-refractivity contribution in [2.45, 2.75) is 34.1 Å². The summed E-state index contributed by atoms with van der Waals surface area (Å²) in [7, 11) is 0. The number of hydrogen-bond donors (Lipinski definition) is 3. The zero-order valence-electron chi connectivity index (χ0n) is 12.4. The van der Waals surface area contributed by atoms with Crippen molar-refractivity contribution in [3.8, 4) is 0 Å². The Kier molecular flexibility index (Phi) is 5.13. The Balaban J connectivity index is 2.67. The minimum Gasteiger partial charge on any atom is -0.478 e. The topological polar surface area (TPSA) is 78.4 Å². The molecule has 110 valence electrons. The molecule has 0 heterocycles. The molecule has 0 aliphatic carbocycles. The molecule has 5 heteroatoms. The number of aryl methyl sites for hydroxylation is 1. The first-order chi connectivity index (χ1) is 9.20. The first-order valence-corrected chi connectivity index (χ1v) is 6.58. The van der Waals surface area contributed by atoms with Gasteiger partial charge in [0.05, 0.1) is 11.3 Å². The summed E-state index contributed by atoms with van der Waals surface area (Å²) in [5.74, 6) is -1.05. The lowest BCUT2D eigenvalue weighted by atomic mass is 9.92. The average Bonchev–Trinajstić information content (AvgIpc) is 2.26. The van der Waals surface area contributed by atoms with E-state index in [0.717, 1.165) is 6.42 Å². The SMILES string of the molecule is Cc1cccc(NC(=O)NCCC(C)(C)C)c1C(=O)O. The number of benzene rings is 1. The van der Waals surface area contributed by atoms with Crippen molar-refractivity contribution in [2.75, 3.05) is 11.9 Å². The van der Waals surface area contributed by atoms with Crippen molar-refractivity contribution >= 4 is 17.7 Å². The summed E-state index contributed by atoms with van der Waals surface area (Å²) >= 11 is 0. The first-order valence-electron chi connectivity index (χ1n) is 6.58. The average molecular weight is 278 g/mol. The molecule has 1 rings (SSSR count). The molecule has 1 aromatic rings. The van der Waals surface area contributed by atoms with Gasteiger partial charge in [-0.25, -0.2) is 9.59 Å². The van der Waals surface area contributed by atoms with Crippen LogP contribution in [0, 0.1) is 12.3 Å². The Bertz CT molecular complexity index is 504. The molecule has 0 aliphatic heterocycles. The van der Waals surface area contributed by atoms with Gasteiger partial charge >= 0.3 is 12.0 Å². The summed E-state index contributed by atoms with van der Waals surface area (Å²) in [6.07, 6.45) is 0.847. The molecule has 0 aromatic heterocycles. The van der Waals surface area contributed by atoms with E-state index in [1.54, 1.807) is 25.1 Å². The summed E-state index contributed by atoms with van der Waals surface area (Å²) < 4.78 is 0. The predicted octanol–water partition coefficient (Wildman–Crippen LogP) is 3.25. The number of rotatable bonds is 4. The van der Waals surface area contributed by atoms with Gasteiger partial charge in [0.15, 0.2) is 0 Å². The number of carbonyl (C=O) groups excluding carboxylic acids is 1. The Morgan fingerprint density at radius 1 is 1.25 bits per heavy atom. The van der Waals surface area contributed by atoms with E-state index in [1.807, 2.05) is 0 Å². The zero-order valence-corrected chi connectivity index (χ0v) is 12.4. The van der Waals surface area contributed by atoms with Gasteiger partial charge in [0.1, 0.15) is 0 Å². The molecule has 1 aromatic carbocycles. The van der Waals surface area contributed by atoms with Crippen molar-refractivity contribution in [3.63, 3.8) is 0 Å². The van der Waals surface area contributed by atoms with E-state index in [-0.39, 0.29) is 17.0 Å². The van der Waals surface area contributed by atoms with Crippen LogP contribution in [0.1, 0.15) is 43.1 Å². The monoisotopic (exact) mass is 278 g/mol. The molecule has 0 spiro atoms. The van der Waals surface area contributed by atoms with Crippen molar-refractivity contribution < 1.29 is 14.7 Å². The number of anilines is 1.